The number of allylic oxidation sites excluding steroid dienone is 2. The summed E-state index contributed by atoms with van der Waals surface area (Å²) >= 11 is 0. The van der Waals surface area contributed by atoms with E-state index in [1.807, 2.05) is 0 Å². The molecular formula is C78H149NO18. The van der Waals surface area contributed by atoms with Gasteiger partial charge in [0.2, 0.25) is 5.91 Å². The predicted molar refractivity (Wildman–Crippen MR) is 383 cm³/mol. The van der Waals surface area contributed by atoms with E-state index in [1.54, 1.807) is 0 Å². The summed E-state index contributed by atoms with van der Waals surface area (Å²) in [6.45, 7) is 1.84. The largest absolute Gasteiger partial charge is 0.394 e. The first-order valence-electron chi connectivity index (χ1n) is 40.4. The Morgan fingerprint density at radius 3 is 1.00 bits per heavy atom. The molecule has 3 rings (SSSR count). The van der Waals surface area contributed by atoms with Gasteiger partial charge >= 0.3 is 0 Å². The van der Waals surface area contributed by atoms with Crippen LogP contribution < -0.4 is 5.32 Å². The van der Waals surface area contributed by atoms with Crippen LogP contribution in [0, 0.1) is 0 Å². The lowest BCUT2D eigenvalue weighted by Gasteiger charge is -2.48. The summed E-state index contributed by atoms with van der Waals surface area (Å²) in [7, 11) is 0. The van der Waals surface area contributed by atoms with Crippen molar-refractivity contribution in [3.05, 3.63) is 12.2 Å². The van der Waals surface area contributed by atoms with Gasteiger partial charge in [0.15, 0.2) is 18.9 Å². The molecule has 1 amide bonds. The van der Waals surface area contributed by atoms with E-state index >= 15 is 0 Å². The van der Waals surface area contributed by atoms with Gasteiger partial charge in [-0.25, -0.2) is 0 Å². The molecule has 0 saturated carbocycles. The smallest absolute Gasteiger partial charge is 0.220 e. The molecule has 574 valence electrons. The van der Waals surface area contributed by atoms with Gasteiger partial charge in [0.25, 0.3) is 0 Å². The van der Waals surface area contributed by atoms with Crippen LogP contribution in [0.2, 0.25) is 0 Å². The second-order valence-corrected chi connectivity index (χ2v) is 29.2. The lowest BCUT2D eigenvalue weighted by molar-refractivity contribution is -0.379. The van der Waals surface area contributed by atoms with Crippen molar-refractivity contribution in [3.63, 3.8) is 0 Å². The van der Waals surface area contributed by atoms with Crippen LogP contribution >= 0.6 is 0 Å². The topological polar surface area (TPSA) is 307 Å². The Balaban J connectivity index is 1.29. The van der Waals surface area contributed by atoms with Crippen LogP contribution in [0.1, 0.15) is 348 Å². The molecule has 0 aromatic rings. The predicted octanol–water partition coefficient (Wildman–Crippen LogP) is 13.2. The second-order valence-electron chi connectivity index (χ2n) is 29.2. The number of aliphatic hydroxyl groups is 11. The minimum atomic E-state index is -1.97. The molecule has 3 aliphatic rings. The minimum absolute atomic E-state index is 0.235. The number of hydrogen-bond donors (Lipinski definition) is 12. The summed E-state index contributed by atoms with van der Waals surface area (Å²) in [5.41, 5.74) is 0. The maximum Gasteiger partial charge on any atom is 0.220 e. The van der Waals surface area contributed by atoms with Crippen LogP contribution in [0.5, 0.6) is 0 Å². The second kappa shape index (κ2) is 59.9. The van der Waals surface area contributed by atoms with Crippen molar-refractivity contribution in [1.82, 2.24) is 5.32 Å². The van der Waals surface area contributed by atoms with Crippen molar-refractivity contribution in [1.29, 1.82) is 0 Å². The maximum absolute atomic E-state index is 13.5. The Morgan fingerprint density at radius 2 is 0.649 bits per heavy atom. The van der Waals surface area contributed by atoms with Crippen molar-refractivity contribution in [2.24, 2.45) is 0 Å². The Bertz CT molecular complexity index is 1800. The third kappa shape index (κ3) is 40.4. The standard InChI is InChI=1S/C78H149NO18/c1-3-5-7-9-11-13-15-17-19-20-21-22-23-24-25-26-27-28-29-30-31-32-33-34-35-36-37-38-39-40-42-44-46-48-50-52-54-56-66(84)79-61(62(83)55-53-51-49-47-45-43-41-18-16-14-12-10-8-6-4-2)60-92-76-72(90)69(87)74(64(58-81)94-76)97-78-73(91)70(88)75(65(59-82)95-78)96-77-71(89)68(86)67(85)63(57-80)93-77/h20-21,61-65,67-78,80-83,85-91H,3-19,22-60H2,1-2H3,(H,79,84)/b21-20-. The molecule has 12 N–H and O–H groups in total. The minimum Gasteiger partial charge on any atom is -0.394 e. The van der Waals surface area contributed by atoms with Crippen molar-refractivity contribution in [2.75, 3.05) is 26.4 Å². The van der Waals surface area contributed by atoms with Gasteiger partial charge in [-0.15, -0.1) is 0 Å². The summed E-state index contributed by atoms with van der Waals surface area (Å²) < 4.78 is 34.5. The first-order chi connectivity index (χ1) is 47.3. The van der Waals surface area contributed by atoms with Crippen LogP contribution in [0.3, 0.4) is 0 Å². The highest BCUT2D eigenvalue weighted by atomic mass is 16.8. The van der Waals surface area contributed by atoms with E-state index in [4.69, 9.17) is 28.4 Å². The molecule has 0 bridgehead atoms. The van der Waals surface area contributed by atoms with Gasteiger partial charge in [-0.05, 0) is 38.5 Å². The van der Waals surface area contributed by atoms with Gasteiger partial charge in [0.05, 0.1) is 38.6 Å². The summed E-state index contributed by atoms with van der Waals surface area (Å²) in [4.78, 5) is 13.5. The molecule has 0 aliphatic carbocycles. The van der Waals surface area contributed by atoms with Crippen LogP contribution in [-0.4, -0.2) is 193 Å². The van der Waals surface area contributed by atoms with Crippen molar-refractivity contribution in [3.8, 4) is 0 Å². The van der Waals surface area contributed by atoms with Crippen LogP contribution in [0.25, 0.3) is 0 Å². The monoisotopic (exact) mass is 1390 g/mol. The fourth-order valence-corrected chi connectivity index (χ4v) is 14.1. The molecule has 17 unspecified atom stereocenters. The summed E-state index contributed by atoms with van der Waals surface area (Å²) in [6, 6.07) is -0.883. The summed E-state index contributed by atoms with van der Waals surface area (Å²) in [5.74, 6) is -0.235. The fourth-order valence-electron chi connectivity index (χ4n) is 14.1. The number of unbranched alkanes of at least 4 members (excludes halogenated alkanes) is 47. The van der Waals surface area contributed by atoms with E-state index in [0.29, 0.717) is 12.8 Å². The SMILES string of the molecule is CCCCCCCCCC/C=C\CCCCCCCCCCCCCCCCCCCCCCCCCCCC(=O)NC(COC1OC(CO)C(OC2OC(CO)C(OC3OC(CO)C(O)C(O)C3O)C(O)C2O)C(O)C1O)C(O)CCCCCCCCCCCCCCCCC. The number of ether oxygens (including phenoxy) is 6. The highest BCUT2D eigenvalue weighted by Gasteiger charge is 2.54. The van der Waals surface area contributed by atoms with E-state index < -0.39 is 124 Å². The molecular weight excluding hydrogens is 1240 g/mol. The number of rotatable bonds is 65. The zero-order chi connectivity index (χ0) is 70.4. The molecule has 0 aromatic heterocycles. The quantitative estimate of drug-likeness (QED) is 0.0199. The lowest BCUT2D eigenvalue weighted by Crippen LogP contribution is -2.66. The molecule has 0 aromatic carbocycles. The Hall–Kier alpha value is -1.47. The first-order valence-corrected chi connectivity index (χ1v) is 40.4. The molecule has 0 radical (unpaired) electrons. The number of carbonyl (C=O) groups excluding carboxylic acids is 1. The highest BCUT2D eigenvalue weighted by molar-refractivity contribution is 5.76. The molecule has 19 nitrogen and oxygen atoms in total. The van der Waals surface area contributed by atoms with Gasteiger partial charge in [-0.1, -0.05) is 315 Å². The first kappa shape index (κ1) is 89.7. The number of amides is 1. The van der Waals surface area contributed by atoms with E-state index in [9.17, 15) is 61.0 Å². The average molecular weight is 1390 g/mol. The third-order valence-electron chi connectivity index (χ3n) is 20.6. The fraction of sp³-hybridized carbons (Fsp3) is 0.962. The molecule has 3 heterocycles. The molecule has 17 atom stereocenters. The molecule has 3 aliphatic heterocycles. The summed E-state index contributed by atoms with van der Waals surface area (Å²) in [6.07, 6.45) is 43.3. The number of carbonyl (C=O) groups is 1. The van der Waals surface area contributed by atoms with Crippen molar-refractivity contribution in [2.45, 2.75) is 452 Å². The van der Waals surface area contributed by atoms with Crippen LogP contribution in [0.4, 0.5) is 0 Å². The van der Waals surface area contributed by atoms with Crippen LogP contribution in [-0.2, 0) is 33.2 Å². The normalized spacial score (nSPS) is 26.9. The van der Waals surface area contributed by atoms with Gasteiger partial charge in [0.1, 0.15) is 73.2 Å². The van der Waals surface area contributed by atoms with E-state index in [1.165, 1.54) is 270 Å². The molecule has 19 heteroatoms. The Morgan fingerprint density at radius 1 is 0.361 bits per heavy atom. The lowest BCUT2D eigenvalue weighted by atomic mass is 9.96. The van der Waals surface area contributed by atoms with E-state index in [-0.39, 0.29) is 18.9 Å². The van der Waals surface area contributed by atoms with Crippen molar-refractivity contribution >= 4 is 5.91 Å². The van der Waals surface area contributed by atoms with Crippen molar-refractivity contribution < 1.29 is 89.4 Å². The number of aliphatic hydroxyl groups excluding tert-OH is 11. The molecule has 3 saturated heterocycles. The Kier molecular flexibility index (Phi) is 55.4. The number of hydrogen-bond acceptors (Lipinski definition) is 18. The molecule has 0 spiro atoms. The van der Waals surface area contributed by atoms with Gasteiger partial charge in [0, 0.05) is 6.42 Å². The van der Waals surface area contributed by atoms with E-state index in [0.717, 1.165) is 44.9 Å². The van der Waals surface area contributed by atoms with E-state index in [2.05, 4.69) is 31.3 Å². The summed E-state index contributed by atoms with van der Waals surface area (Å²) in [5, 5.41) is 121. The third-order valence-corrected chi connectivity index (χ3v) is 20.6. The molecule has 97 heavy (non-hydrogen) atoms. The van der Waals surface area contributed by atoms with Gasteiger partial charge < -0.3 is 89.9 Å². The average Bonchev–Trinajstić information content (AvgIpc) is 0.789. The number of nitrogens with one attached hydrogen (secondary N) is 1. The highest BCUT2D eigenvalue weighted by Crippen LogP contribution is 2.33. The van der Waals surface area contributed by atoms with Crippen LogP contribution in [0.15, 0.2) is 12.2 Å². The maximum atomic E-state index is 13.5. The zero-order valence-corrected chi connectivity index (χ0v) is 61.3. The molecule has 3 fully saturated rings. The van der Waals surface area contributed by atoms with Gasteiger partial charge in [-0.2, -0.15) is 0 Å². The Labute approximate surface area is 588 Å². The zero-order valence-electron chi connectivity index (χ0n) is 61.3. The van der Waals surface area contributed by atoms with Gasteiger partial charge in [-0.3, -0.25) is 4.79 Å².